The number of hydrogen-bond acceptors (Lipinski definition) is 5. The van der Waals surface area contributed by atoms with Gasteiger partial charge in [-0.3, -0.25) is 0 Å². The number of carbonyl (C=O) groups excluding carboxylic acids is 2. The van der Waals surface area contributed by atoms with E-state index in [1.807, 2.05) is 0 Å². The number of rotatable bonds is 8. The Morgan fingerprint density at radius 3 is 2.30 bits per heavy atom. The molecular formula is C14H23NO5. The van der Waals surface area contributed by atoms with Gasteiger partial charge < -0.3 is 19.5 Å². The highest BCUT2D eigenvalue weighted by Gasteiger charge is 2.25. The second kappa shape index (κ2) is 9.14. The van der Waals surface area contributed by atoms with Gasteiger partial charge in [-0.05, 0) is 20.8 Å². The van der Waals surface area contributed by atoms with E-state index in [0.717, 1.165) is 0 Å². The number of amides is 1. The molecule has 1 atom stereocenters. The molecule has 0 fully saturated rings. The van der Waals surface area contributed by atoms with Crippen LogP contribution in [0.3, 0.4) is 0 Å². The Bertz CT molecular complexity index is 346. The van der Waals surface area contributed by atoms with E-state index < -0.39 is 23.7 Å². The van der Waals surface area contributed by atoms with Crippen LogP contribution in [0.2, 0.25) is 0 Å². The third-order valence-corrected chi connectivity index (χ3v) is 1.84. The predicted octanol–water partition coefficient (Wildman–Crippen LogP) is 1.81. The van der Waals surface area contributed by atoms with Crippen molar-refractivity contribution in [3.63, 3.8) is 0 Å². The minimum atomic E-state index is -0.940. The number of alkyl carbamates (subject to hydrolysis) is 1. The molecule has 0 aliphatic heterocycles. The third-order valence-electron chi connectivity index (χ3n) is 1.84. The molecule has 0 aliphatic carbocycles. The molecule has 20 heavy (non-hydrogen) atoms. The normalized spacial score (nSPS) is 12.2. The smallest absolute Gasteiger partial charge is 0.408 e. The Labute approximate surface area is 119 Å². The Morgan fingerprint density at radius 1 is 1.20 bits per heavy atom. The highest BCUT2D eigenvalue weighted by atomic mass is 16.6. The van der Waals surface area contributed by atoms with E-state index in [-0.39, 0.29) is 19.8 Å². The molecule has 6 nitrogen and oxygen atoms in total. The summed E-state index contributed by atoms with van der Waals surface area (Å²) < 4.78 is 15.1. The number of esters is 1. The zero-order valence-corrected chi connectivity index (χ0v) is 12.3. The molecule has 0 aromatic carbocycles. The first kappa shape index (κ1) is 18.2. The second-order valence-corrected chi connectivity index (χ2v) is 4.94. The Balaban J connectivity index is 4.50. The monoisotopic (exact) mass is 285 g/mol. The van der Waals surface area contributed by atoms with Gasteiger partial charge in [0, 0.05) is 0 Å². The van der Waals surface area contributed by atoms with Crippen LogP contribution in [0.5, 0.6) is 0 Å². The van der Waals surface area contributed by atoms with Gasteiger partial charge in [-0.2, -0.15) is 0 Å². The summed E-state index contributed by atoms with van der Waals surface area (Å²) in [7, 11) is 0. The standard InChI is InChI=1S/C14H23NO5/c1-6-8-18-10-11(12(16)19-9-7-2)15-13(17)20-14(3,4)5/h6-7,11H,1-2,8-10H2,3-5H3,(H,15,17)/t11-/m0/s1. The lowest BCUT2D eigenvalue weighted by molar-refractivity contribution is -0.146. The summed E-state index contributed by atoms with van der Waals surface area (Å²) in [6, 6.07) is -0.940. The van der Waals surface area contributed by atoms with Crippen molar-refractivity contribution in [2.24, 2.45) is 0 Å². The highest BCUT2D eigenvalue weighted by Crippen LogP contribution is 2.07. The van der Waals surface area contributed by atoms with Crippen LogP contribution in [0.15, 0.2) is 25.3 Å². The van der Waals surface area contributed by atoms with E-state index in [1.54, 1.807) is 26.8 Å². The van der Waals surface area contributed by atoms with E-state index in [1.165, 1.54) is 6.08 Å². The topological polar surface area (TPSA) is 73.9 Å². The second-order valence-electron chi connectivity index (χ2n) is 4.94. The van der Waals surface area contributed by atoms with Crippen LogP contribution < -0.4 is 5.32 Å². The molecule has 0 rings (SSSR count). The average molecular weight is 285 g/mol. The number of hydrogen-bond donors (Lipinski definition) is 1. The first-order chi connectivity index (χ1) is 9.30. The van der Waals surface area contributed by atoms with Gasteiger partial charge in [-0.15, -0.1) is 6.58 Å². The van der Waals surface area contributed by atoms with Crippen LogP contribution in [0.4, 0.5) is 4.79 Å². The molecule has 0 unspecified atom stereocenters. The van der Waals surface area contributed by atoms with Crippen LogP contribution in [0, 0.1) is 0 Å². The molecule has 0 aromatic heterocycles. The van der Waals surface area contributed by atoms with Crippen molar-refractivity contribution in [3.8, 4) is 0 Å². The summed E-state index contributed by atoms with van der Waals surface area (Å²) in [6.45, 7) is 12.4. The molecule has 114 valence electrons. The van der Waals surface area contributed by atoms with E-state index in [2.05, 4.69) is 18.5 Å². The maximum Gasteiger partial charge on any atom is 0.408 e. The Morgan fingerprint density at radius 2 is 1.80 bits per heavy atom. The van der Waals surface area contributed by atoms with Crippen molar-refractivity contribution in [3.05, 3.63) is 25.3 Å². The summed E-state index contributed by atoms with van der Waals surface area (Å²) >= 11 is 0. The van der Waals surface area contributed by atoms with Gasteiger partial charge in [0.25, 0.3) is 0 Å². The van der Waals surface area contributed by atoms with E-state index >= 15 is 0 Å². The molecule has 0 saturated heterocycles. The number of ether oxygens (including phenoxy) is 3. The van der Waals surface area contributed by atoms with E-state index in [4.69, 9.17) is 14.2 Å². The van der Waals surface area contributed by atoms with Gasteiger partial charge in [0.1, 0.15) is 12.2 Å². The molecule has 0 bridgehead atoms. The summed E-state index contributed by atoms with van der Waals surface area (Å²) in [5.74, 6) is -0.611. The first-order valence-corrected chi connectivity index (χ1v) is 6.26. The van der Waals surface area contributed by atoms with Crippen molar-refractivity contribution >= 4 is 12.1 Å². The van der Waals surface area contributed by atoms with Crippen LogP contribution in [0.25, 0.3) is 0 Å². The van der Waals surface area contributed by atoms with Crippen molar-refractivity contribution in [1.82, 2.24) is 5.32 Å². The van der Waals surface area contributed by atoms with Crippen LogP contribution in [0.1, 0.15) is 20.8 Å². The minimum absolute atomic E-state index is 0.0265. The fourth-order valence-corrected chi connectivity index (χ4v) is 1.13. The first-order valence-electron chi connectivity index (χ1n) is 6.26. The molecule has 1 amide bonds. The fraction of sp³-hybridized carbons (Fsp3) is 0.571. The summed E-state index contributed by atoms with van der Waals surface area (Å²) in [5.41, 5.74) is -0.651. The quantitative estimate of drug-likeness (QED) is 0.418. The van der Waals surface area contributed by atoms with E-state index in [9.17, 15) is 9.59 Å². The molecular weight excluding hydrogens is 262 g/mol. The molecule has 0 heterocycles. The molecule has 0 aromatic rings. The van der Waals surface area contributed by atoms with Gasteiger partial charge in [0.2, 0.25) is 0 Å². The lowest BCUT2D eigenvalue weighted by Crippen LogP contribution is -2.46. The molecule has 0 radical (unpaired) electrons. The molecule has 0 aliphatic rings. The van der Waals surface area contributed by atoms with Crippen LogP contribution in [-0.2, 0) is 19.0 Å². The lowest BCUT2D eigenvalue weighted by atomic mass is 10.2. The van der Waals surface area contributed by atoms with E-state index in [0.29, 0.717) is 0 Å². The van der Waals surface area contributed by atoms with Gasteiger partial charge >= 0.3 is 12.1 Å². The highest BCUT2D eigenvalue weighted by molar-refractivity contribution is 5.81. The average Bonchev–Trinajstić information content (AvgIpc) is 2.32. The Kier molecular flexibility index (Phi) is 8.31. The van der Waals surface area contributed by atoms with Gasteiger partial charge in [0.15, 0.2) is 6.04 Å². The van der Waals surface area contributed by atoms with Crippen molar-refractivity contribution < 1.29 is 23.8 Å². The SMILES string of the molecule is C=CCOC[C@H](NC(=O)OC(C)(C)C)C(=O)OCC=C. The largest absolute Gasteiger partial charge is 0.460 e. The maximum absolute atomic E-state index is 11.8. The molecule has 1 N–H and O–H groups in total. The maximum atomic E-state index is 11.8. The zero-order chi connectivity index (χ0) is 15.6. The van der Waals surface area contributed by atoms with Crippen molar-refractivity contribution in [1.29, 1.82) is 0 Å². The summed E-state index contributed by atoms with van der Waals surface area (Å²) in [5, 5.41) is 2.41. The third kappa shape index (κ3) is 9.16. The van der Waals surface area contributed by atoms with Crippen LogP contribution in [-0.4, -0.2) is 43.5 Å². The minimum Gasteiger partial charge on any atom is -0.460 e. The van der Waals surface area contributed by atoms with Crippen molar-refractivity contribution in [2.75, 3.05) is 19.8 Å². The molecule has 0 spiro atoms. The van der Waals surface area contributed by atoms with Gasteiger partial charge in [-0.25, -0.2) is 9.59 Å². The zero-order valence-electron chi connectivity index (χ0n) is 12.3. The van der Waals surface area contributed by atoms with Crippen molar-refractivity contribution in [2.45, 2.75) is 32.4 Å². The lowest BCUT2D eigenvalue weighted by Gasteiger charge is -2.22. The molecule has 0 saturated carbocycles. The van der Waals surface area contributed by atoms with Gasteiger partial charge in [-0.1, -0.05) is 18.7 Å². The fourth-order valence-electron chi connectivity index (χ4n) is 1.13. The van der Waals surface area contributed by atoms with Crippen LogP contribution >= 0.6 is 0 Å². The summed E-state index contributed by atoms with van der Waals surface area (Å²) in [4.78, 5) is 23.4. The number of carbonyl (C=O) groups is 2. The van der Waals surface area contributed by atoms with Gasteiger partial charge in [0.05, 0.1) is 13.2 Å². The Hall–Kier alpha value is -1.82. The summed E-state index contributed by atoms with van der Waals surface area (Å²) in [6.07, 6.45) is 2.27. The predicted molar refractivity (Wildman–Crippen MR) is 75.3 cm³/mol. The number of nitrogens with one attached hydrogen (secondary N) is 1. The molecule has 6 heteroatoms.